The maximum atomic E-state index is 13.0. The molecule has 1 unspecified atom stereocenters. The van der Waals surface area contributed by atoms with Gasteiger partial charge in [-0.05, 0) is 45.2 Å². The number of rotatable bonds is 10. The molecule has 6 nitrogen and oxygen atoms in total. The van der Waals surface area contributed by atoms with Crippen LogP contribution in [0.1, 0.15) is 58.6 Å². The third kappa shape index (κ3) is 6.16. The van der Waals surface area contributed by atoms with E-state index in [-0.39, 0.29) is 30.5 Å². The molecule has 0 aliphatic carbocycles. The van der Waals surface area contributed by atoms with Crippen LogP contribution >= 0.6 is 0 Å². The van der Waals surface area contributed by atoms with Crippen molar-refractivity contribution in [1.29, 1.82) is 0 Å². The Balaban J connectivity index is 2.03. The first-order valence-corrected chi connectivity index (χ1v) is 9.72. The van der Waals surface area contributed by atoms with Crippen LogP contribution in [0.4, 0.5) is 0 Å². The summed E-state index contributed by atoms with van der Waals surface area (Å²) in [6.45, 7) is 7.76. The van der Waals surface area contributed by atoms with Crippen molar-refractivity contribution in [2.24, 2.45) is 0 Å². The van der Waals surface area contributed by atoms with Gasteiger partial charge >= 0.3 is 0 Å². The van der Waals surface area contributed by atoms with Gasteiger partial charge in [-0.2, -0.15) is 0 Å². The van der Waals surface area contributed by atoms with E-state index in [0.717, 1.165) is 38.1 Å². The molecule has 0 radical (unpaired) electrons. The molecule has 0 bridgehead atoms. The van der Waals surface area contributed by atoms with Crippen LogP contribution in [-0.2, 0) is 20.9 Å². The summed E-state index contributed by atoms with van der Waals surface area (Å²) >= 11 is 0. The predicted molar refractivity (Wildman–Crippen MR) is 99.5 cm³/mol. The van der Waals surface area contributed by atoms with E-state index in [1.165, 1.54) is 0 Å². The van der Waals surface area contributed by atoms with Crippen LogP contribution in [0.2, 0.25) is 0 Å². The highest BCUT2D eigenvalue weighted by atomic mass is 16.5. The van der Waals surface area contributed by atoms with Gasteiger partial charge in [0.1, 0.15) is 5.76 Å². The lowest BCUT2D eigenvalue weighted by molar-refractivity contribution is -0.143. The van der Waals surface area contributed by atoms with Crippen molar-refractivity contribution < 1.29 is 18.7 Å². The number of ether oxygens (including phenoxy) is 1. The molecule has 0 N–H and O–H groups in total. The Morgan fingerprint density at radius 1 is 1.31 bits per heavy atom. The molecule has 1 aliphatic heterocycles. The third-order valence-corrected chi connectivity index (χ3v) is 4.72. The summed E-state index contributed by atoms with van der Waals surface area (Å²) in [5, 5.41) is 0. The summed E-state index contributed by atoms with van der Waals surface area (Å²) in [6, 6.07) is 3.68. The second kappa shape index (κ2) is 10.4. The smallest absolute Gasteiger partial charge is 0.242 e. The summed E-state index contributed by atoms with van der Waals surface area (Å²) in [4.78, 5) is 28.9. The van der Waals surface area contributed by atoms with Gasteiger partial charge in [-0.1, -0.05) is 13.3 Å². The molecule has 146 valence electrons. The zero-order valence-corrected chi connectivity index (χ0v) is 16.3. The molecule has 1 fully saturated rings. The number of hydrogen-bond donors (Lipinski definition) is 0. The number of nitrogens with zero attached hydrogens (tertiary/aromatic N) is 2. The van der Waals surface area contributed by atoms with Crippen molar-refractivity contribution >= 4 is 11.8 Å². The molecular weight excluding hydrogens is 332 g/mol. The summed E-state index contributed by atoms with van der Waals surface area (Å²) < 4.78 is 11.1. The lowest BCUT2D eigenvalue weighted by atomic mass is 10.2. The predicted octanol–water partition coefficient (Wildman–Crippen LogP) is 3.21. The van der Waals surface area contributed by atoms with E-state index in [1.54, 1.807) is 16.1 Å². The maximum Gasteiger partial charge on any atom is 0.242 e. The van der Waals surface area contributed by atoms with Crippen molar-refractivity contribution in [3.8, 4) is 0 Å². The molecule has 2 rings (SSSR count). The fourth-order valence-electron chi connectivity index (χ4n) is 3.16. The lowest BCUT2D eigenvalue weighted by Gasteiger charge is -2.31. The zero-order chi connectivity index (χ0) is 18.9. The lowest BCUT2D eigenvalue weighted by Crippen LogP contribution is -2.47. The van der Waals surface area contributed by atoms with Crippen molar-refractivity contribution in [1.82, 2.24) is 9.80 Å². The molecule has 1 aromatic rings. The van der Waals surface area contributed by atoms with Crippen molar-refractivity contribution in [3.05, 3.63) is 24.2 Å². The molecule has 0 saturated carbocycles. The van der Waals surface area contributed by atoms with Crippen LogP contribution < -0.4 is 0 Å². The van der Waals surface area contributed by atoms with E-state index in [1.807, 2.05) is 26.0 Å². The molecule has 1 atom stereocenters. The topological polar surface area (TPSA) is 63.0 Å². The average Bonchev–Trinajstić information content (AvgIpc) is 3.30. The number of hydrogen-bond acceptors (Lipinski definition) is 4. The molecule has 1 aliphatic rings. The van der Waals surface area contributed by atoms with Gasteiger partial charge in [0.15, 0.2) is 0 Å². The molecule has 26 heavy (non-hydrogen) atoms. The SMILES string of the molecule is CCCCC(=O)N(CC(=O)N(Cc1ccco1)CC1CCCO1)C(C)C. The number of carbonyl (C=O) groups excluding carboxylic acids is 2. The van der Waals surface area contributed by atoms with Crippen molar-refractivity contribution in [2.45, 2.75) is 71.6 Å². The summed E-state index contributed by atoms with van der Waals surface area (Å²) in [6.07, 6.45) is 5.98. The highest BCUT2D eigenvalue weighted by Crippen LogP contribution is 2.16. The Kier molecular flexibility index (Phi) is 8.16. The van der Waals surface area contributed by atoms with Gasteiger partial charge in [-0.25, -0.2) is 0 Å². The minimum atomic E-state index is -0.0598. The summed E-state index contributed by atoms with van der Waals surface area (Å²) in [5.41, 5.74) is 0. The molecule has 2 heterocycles. The minimum absolute atomic E-state index is 0.00324. The number of unbranched alkanes of at least 4 members (excludes halogenated alkanes) is 1. The Morgan fingerprint density at radius 2 is 2.12 bits per heavy atom. The molecule has 0 aromatic carbocycles. The van der Waals surface area contributed by atoms with Crippen LogP contribution in [0.15, 0.2) is 22.8 Å². The van der Waals surface area contributed by atoms with Gasteiger partial charge in [0.05, 0.1) is 25.5 Å². The van der Waals surface area contributed by atoms with E-state index in [2.05, 4.69) is 6.92 Å². The second-order valence-corrected chi connectivity index (χ2v) is 7.21. The first-order chi connectivity index (χ1) is 12.5. The number of carbonyl (C=O) groups is 2. The van der Waals surface area contributed by atoms with E-state index < -0.39 is 0 Å². The normalized spacial score (nSPS) is 16.8. The van der Waals surface area contributed by atoms with Gasteiger partial charge in [0.25, 0.3) is 0 Å². The molecule has 6 heteroatoms. The van der Waals surface area contributed by atoms with Gasteiger partial charge in [0, 0.05) is 25.6 Å². The van der Waals surface area contributed by atoms with E-state index in [0.29, 0.717) is 19.5 Å². The average molecular weight is 364 g/mol. The second-order valence-electron chi connectivity index (χ2n) is 7.21. The molecule has 2 amide bonds. The van der Waals surface area contributed by atoms with Gasteiger partial charge < -0.3 is 19.0 Å². The van der Waals surface area contributed by atoms with Gasteiger partial charge in [-0.3, -0.25) is 9.59 Å². The largest absolute Gasteiger partial charge is 0.467 e. The van der Waals surface area contributed by atoms with Crippen molar-refractivity contribution in [2.75, 3.05) is 19.7 Å². The molecule has 1 aromatic heterocycles. The maximum absolute atomic E-state index is 13.0. The molecule has 0 spiro atoms. The molecular formula is C20H32N2O4. The highest BCUT2D eigenvalue weighted by Gasteiger charge is 2.27. The summed E-state index contributed by atoms with van der Waals surface area (Å²) in [7, 11) is 0. The van der Waals surface area contributed by atoms with E-state index >= 15 is 0 Å². The Bertz CT molecular complexity index is 550. The Labute approximate surface area is 156 Å². The van der Waals surface area contributed by atoms with Crippen LogP contribution in [-0.4, -0.2) is 53.5 Å². The minimum Gasteiger partial charge on any atom is -0.467 e. The fourth-order valence-corrected chi connectivity index (χ4v) is 3.16. The van der Waals surface area contributed by atoms with E-state index in [4.69, 9.17) is 9.15 Å². The zero-order valence-electron chi connectivity index (χ0n) is 16.3. The highest BCUT2D eigenvalue weighted by molar-refractivity contribution is 5.85. The third-order valence-electron chi connectivity index (χ3n) is 4.72. The number of furan rings is 1. The van der Waals surface area contributed by atoms with Crippen LogP contribution in [0.3, 0.4) is 0 Å². The van der Waals surface area contributed by atoms with Gasteiger partial charge in [0.2, 0.25) is 11.8 Å². The number of amides is 2. The Morgan fingerprint density at radius 3 is 2.69 bits per heavy atom. The first-order valence-electron chi connectivity index (χ1n) is 9.72. The van der Waals surface area contributed by atoms with Gasteiger partial charge in [-0.15, -0.1) is 0 Å². The first kappa shape index (κ1) is 20.5. The van der Waals surface area contributed by atoms with E-state index in [9.17, 15) is 9.59 Å². The van der Waals surface area contributed by atoms with Crippen LogP contribution in [0, 0.1) is 0 Å². The summed E-state index contributed by atoms with van der Waals surface area (Å²) in [5.74, 6) is 0.727. The van der Waals surface area contributed by atoms with Crippen molar-refractivity contribution in [3.63, 3.8) is 0 Å². The van der Waals surface area contributed by atoms with Crippen LogP contribution in [0.5, 0.6) is 0 Å². The fraction of sp³-hybridized carbons (Fsp3) is 0.700. The monoisotopic (exact) mass is 364 g/mol. The quantitative estimate of drug-likeness (QED) is 0.639. The Hall–Kier alpha value is -1.82. The molecule has 1 saturated heterocycles. The van der Waals surface area contributed by atoms with Crippen LogP contribution in [0.25, 0.3) is 0 Å². The standard InChI is InChI=1S/C20H32N2O4/c1-4-5-10-19(23)22(16(2)3)15-20(24)21(13-17-8-6-11-25-17)14-18-9-7-12-26-18/h6,8,11,16,18H,4-5,7,9-10,12-15H2,1-3H3.